The molecule has 0 fully saturated rings. The number of ether oxygens (including phenoxy) is 1. The van der Waals surface area contributed by atoms with E-state index in [-0.39, 0.29) is 6.61 Å². The van der Waals surface area contributed by atoms with Gasteiger partial charge in [-0.15, -0.1) is 11.3 Å². The molecule has 0 saturated carbocycles. The van der Waals surface area contributed by atoms with Gasteiger partial charge in [0, 0.05) is 12.0 Å². The first-order chi connectivity index (χ1) is 10.1. The smallest absolute Gasteiger partial charge is 0.325 e. The number of hydrogen-bond acceptors (Lipinski definition) is 5. The first kappa shape index (κ1) is 13.8. The summed E-state index contributed by atoms with van der Waals surface area (Å²) >= 11 is 1.50. The number of fused-ring (bicyclic) bond motifs is 3. The van der Waals surface area contributed by atoms with Crippen molar-refractivity contribution in [1.82, 2.24) is 14.2 Å². The van der Waals surface area contributed by atoms with Gasteiger partial charge in [0.15, 0.2) is 5.82 Å². The molecule has 1 N–H and O–H groups in total. The van der Waals surface area contributed by atoms with Crippen LogP contribution in [-0.2, 0) is 22.7 Å². The zero-order valence-electron chi connectivity index (χ0n) is 11.3. The Morgan fingerprint density at radius 3 is 3.05 bits per heavy atom. The van der Waals surface area contributed by atoms with Crippen molar-refractivity contribution in [3.63, 3.8) is 0 Å². The average Bonchev–Trinajstić information content (AvgIpc) is 3.00. The van der Waals surface area contributed by atoms with Crippen molar-refractivity contribution in [3.05, 3.63) is 33.7 Å². The second-order valence-electron chi connectivity index (χ2n) is 4.46. The van der Waals surface area contributed by atoms with E-state index in [0.717, 1.165) is 14.9 Å². The quantitative estimate of drug-likeness (QED) is 0.768. The molecule has 3 heterocycles. The predicted molar refractivity (Wildman–Crippen MR) is 77.8 cm³/mol. The Bertz CT molecular complexity index is 877. The van der Waals surface area contributed by atoms with Crippen LogP contribution in [0.3, 0.4) is 0 Å². The summed E-state index contributed by atoms with van der Waals surface area (Å²) in [5.41, 5.74) is 0.00357. The lowest BCUT2D eigenvalue weighted by molar-refractivity contribution is -0.138. The van der Waals surface area contributed by atoms with Gasteiger partial charge in [-0.25, -0.2) is 4.68 Å². The lowest BCUT2D eigenvalue weighted by atomic mass is 10.4. The third-order valence-corrected chi connectivity index (χ3v) is 3.99. The molecule has 0 aliphatic heterocycles. The van der Waals surface area contributed by atoms with Gasteiger partial charge in [-0.3, -0.25) is 14.0 Å². The van der Waals surface area contributed by atoms with Crippen molar-refractivity contribution < 1.29 is 14.6 Å². The minimum Gasteiger partial charge on any atom is -0.480 e. The molecule has 21 heavy (non-hydrogen) atoms. The molecule has 0 saturated heterocycles. The van der Waals surface area contributed by atoms with Crippen LogP contribution in [-0.4, -0.2) is 31.9 Å². The molecule has 0 amide bonds. The number of hydrogen-bond donors (Lipinski definition) is 1. The highest BCUT2D eigenvalue weighted by Crippen LogP contribution is 2.24. The van der Waals surface area contributed by atoms with Gasteiger partial charge < -0.3 is 9.84 Å². The van der Waals surface area contributed by atoms with Crippen LogP contribution in [0.1, 0.15) is 12.7 Å². The second-order valence-corrected chi connectivity index (χ2v) is 5.35. The predicted octanol–water partition coefficient (Wildman–Crippen LogP) is 1.33. The van der Waals surface area contributed by atoms with Gasteiger partial charge in [0.2, 0.25) is 0 Å². The summed E-state index contributed by atoms with van der Waals surface area (Å²) in [6.07, 6.45) is 0. The minimum atomic E-state index is -1.11. The molecule has 0 aliphatic rings. The van der Waals surface area contributed by atoms with Crippen LogP contribution in [0, 0.1) is 0 Å². The maximum Gasteiger partial charge on any atom is 0.325 e. The Balaban J connectivity index is 2.29. The molecule has 0 bridgehead atoms. The van der Waals surface area contributed by atoms with Crippen LogP contribution in [0.4, 0.5) is 0 Å². The molecule has 0 unspecified atom stereocenters. The lowest BCUT2D eigenvalue weighted by Gasteiger charge is -2.09. The standard InChI is InChI=1S/C13H13N3O4S/c1-2-20-7-10-14-15(6-11(17)18)12(19)9-5-8-3-4-21-13(8)16(9)10/h3-5H,2,6-7H2,1H3,(H,17,18). The Labute approximate surface area is 123 Å². The third kappa shape index (κ3) is 2.32. The van der Waals surface area contributed by atoms with Gasteiger partial charge in [-0.05, 0) is 24.4 Å². The van der Waals surface area contributed by atoms with Gasteiger partial charge in [-0.1, -0.05) is 0 Å². The van der Waals surface area contributed by atoms with Crippen LogP contribution in [0.15, 0.2) is 22.3 Å². The molecule has 0 aromatic carbocycles. The summed E-state index contributed by atoms with van der Waals surface area (Å²) in [4.78, 5) is 24.1. The number of rotatable bonds is 5. The molecular weight excluding hydrogens is 294 g/mol. The average molecular weight is 307 g/mol. The Morgan fingerprint density at radius 1 is 1.52 bits per heavy atom. The number of aliphatic carboxylic acids is 1. The first-order valence-corrected chi connectivity index (χ1v) is 7.28. The van der Waals surface area contributed by atoms with Crippen molar-refractivity contribution in [2.24, 2.45) is 0 Å². The van der Waals surface area contributed by atoms with E-state index < -0.39 is 18.1 Å². The third-order valence-electron chi connectivity index (χ3n) is 3.08. The first-order valence-electron chi connectivity index (χ1n) is 6.40. The molecule has 110 valence electrons. The zero-order valence-corrected chi connectivity index (χ0v) is 12.1. The van der Waals surface area contributed by atoms with Crippen LogP contribution in [0.25, 0.3) is 15.7 Å². The van der Waals surface area contributed by atoms with Crippen LogP contribution >= 0.6 is 11.3 Å². The van der Waals surface area contributed by atoms with Gasteiger partial charge in [0.1, 0.15) is 23.5 Å². The SMILES string of the molecule is CCOCc1nn(CC(=O)O)c(=O)c2cc3ccsc3n12. The van der Waals surface area contributed by atoms with E-state index in [1.54, 1.807) is 10.5 Å². The minimum absolute atomic E-state index is 0.217. The molecule has 7 nitrogen and oxygen atoms in total. The summed E-state index contributed by atoms with van der Waals surface area (Å²) < 4.78 is 8.10. The number of aromatic nitrogens is 3. The van der Waals surface area contributed by atoms with E-state index in [1.165, 1.54) is 11.3 Å². The topological polar surface area (TPSA) is 85.8 Å². The van der Waals surface area contributed by atoms with Crippen molar-refractivity contribution in [3.8, 4) is 0 Å². The lowest BCUT2D eigenvalue weighted by Crippen LogP contribution is -2.30. The maximum atomic E-state index is 12.3. The highest BCUT2D eigenvalue weighted by atomic mass is 32.1. The number of carboxylic acids is 1. The van der Waals surface area contributed by atoms with E-state index in [9.17, 15) is 9.59 Å². The molecular formula is C13H13N3O4S. The van der Waals surface area contributed by atoms with Gasteiger partial charge in [0.05, 0.1) is 0 Å². The Kier molecular flexibility index (Phi) is 3.48. The fourth-order valence-corrected chi connectivity index (χ4v) is 3.14. The summed E-state index contributed by atoms with van der Waals surface area (Å²) in [6.45, 7) is 2.12. The van der Waals surface area contributed by atoms with Gasteiger partial charge in [-0.2, -0.15) is 5.10 Å². The molecule has 3 rings (SSSR count). The Hall–Kier alpha value is -2.19. The van der Waals surface area contributed by atoms with Crippen LogP contribution in [0.2, 0.25) is 0 Å². The molecule has 0 aliphatic carbocycles. The molecule has 0 radical (unpaired) electrons. The summed E-state index contributed by atoms with van der Waals surface area (Å²) in [5, 5.41) is 15.9. The maximum absolute atomic E-state index is 12.3. The molecule has 3 aromatic heterocycles. The molecule has 8 heteroatoms. The number of nitrogens with zero attached hydrogens (tertiary/aromatic N) is 3. The van der Waals surface area contributed by atoms with E-state index in [0.29, 0.717) is 17.9 Å². The fraction of sp³-hybridized carbons (Fsp3) is 0.308. The van der Waals surface area contributed by atoms with E-state index in [4.69, 9.17) is 9.84 Å². The molecule has 0 atom stereocenters. The fourth-order valence-electron chi connectivity index (χ4n) is 2.22. The number of thiophene rings is 1. The largest absolute Gasteiger partial charge is 0.480 e. The summed E-state index contributed by atoms with van der Waals surface area (Å²) in [6, 6.07) is 3.67. The molecule has 3 aromatic rings. The van der Waals surface area contributed by atoms with Crippen LogP contribution in [0.5, 0.6) is 0 Å². The number of carboxylic acid groups (broad SMARTS) is 1. The highest BCUT2D eigenvalue weighted by molar-refractivity contribution is 7.16. The van der Waals surface area contributed by atoms with Gasteiger partial charge >= 0.3 is 5.97 Å². The van der Waals surface area contributed by atoms with Gasteiger partial charge in [0.25, 0.3) is 5.56 Å². The van der Waals surface area contributed by atoms with E-state index in [1.807, 2.05) is 18.4 Å². The second kappa shape index (κ2) is 5.30. The molecule has 0 spiro atoms. The van der Waals surface area contributed by atoms with Crippen molar-refractivity contribution in [2.45, 2.75) is 20.1 Å². The van der Waals surface area contributed by atoms with Crippen molar-refractivity contribution in [2.75, 3.05) is 6.61 Å². The normalized spacial score (nSPS) is 11.5. The Morgan fingerprint density at radius 2 is 2.33 bits per heavy atom. The number of carbonyl (C=O) groups is 1. The van der Waals surface area contributed by atoms with Crippen molar-refractivity contribution >= 4 is 33.0 Å². The highest BCUT2D eigenvalue weighted by Gasteiger charge is 2.16. The van der Waals surface area contributed by atoms with E-state index in [2.05, 4.69) is 5.10 Å². The zero-order chi connectivity index (χ0) is 15.0. The van der Waals surface area contributed by atoms with Crippen LogP contribution < -0.4 is 5.56 Å². The van der Waals surface area contributed by atoms with Crippen molar-refractivity contribution in [1.29, 1.82) is 0 Å². The monoisotopic (exact) mass is 307 g/mol. The van der Waals surface area contributed by atoms with E-state index >= 15 is 0 Å². The summed E-state index contributed by atoms with van der Waals surface area (Å²) in [5.74, 6) is -0.588. The summed E-state index contributed by atoms with van der Waals surface area (Å²) in [7, 11) is 0.